The van der Waals surface area contributed by atoms with E-state index in [0.29, 0.717) is 19.3 Å². The van der Waals surface area contributed by atoms with Gasteiger partial charge in [0.2, 0.25) is 0 Å². The van der Waals surface area contributed by atoms with Crippen LogP contribution in [0.5, 0.6) is 0 Å². The Hall–Kier alpha value is -3.15. The first-order chi connectivity index (χ1) is 27.0. The molecule has 1 unspecified atom stereocenters. The van der Waals surface area contributed by atoms with Crippen LogP contribution in [0.4, 0.5) is 0 Å². The fourth-order valence-electron chi connectivity index (χ4n) is 5.88. The summed E-state index contributed by atoms with van der Waals surface area (Å²) >= 11 is 0. The van der Waals surface area contributed by atoms with E-state index in [4.69, 9.17) is 14.2 Å². The molecule has 0 amide bonds. The molecule has 0 aliphatic carbocycles. The molecule has 0 aliphatic heterocycles. The Kier molecular flexibility index (Phi) is 41.1. The van der Waals surface area contributed by atoms with Crippen LogP contribution in [0.2, 0.25) is 0 Å². The predicted molar refractivity (Wildman–Crippen MR) is 233 cm³/mol. The third-order valence-electron chi connectivity index (χ3n) is 9.24. The van der Waals surface area contributed by atoms with Crippen molar-refractivity contribution in [2.45, 2.75) is 207 Å². The molecule has 6 heteroatoms. The minimum absolute atomic E-state index is 0.0970. The number of esters is 3. The van der Waals surface area contributed by atoms with Crippen LogP contribution in [0, 0.1) is 0 Å². The topological polar surface area (TPSA) is 78.9 Å². The molecule has 0 saturated carbocycles. The molecule has 0 aromatic heterocycles. The molecule has 0 fully saturated rings. The van der Waals surface area contributed by atoms with Crippen molar-refractivity contribution in [3.05, 3.63) is 72.9 Å². The highest BCUT2D eigenvalue weighted by Crippen LogP contribution is 2.13. The average Bonchev–Trinajstić information content (AvgIpc) is 3.18. The van der Waals surface area contributed by atoms with Crippen molar-refractivity contribution in [2.75, 3.05) is 13.2 Å². The van der Waals surface area contributed by atoms with Gasteiger partial charge in [0.25, 0.3) is 0 Å². The van der Waals surface area contributed by atoms with Crippen molar-refractivity contribution in [1.29, 1.82) is 0 Å². The lowest BCUT2D eigenvalue weighted by Crippen LogP contribution is -2.30. The Morgan fingerprint density at radius 2 is 0.709 bits per heavy atom. The summed E-state index contributed by atoms with van der Waals surface area (Å²) in [6.07, 6.45) is 53.3. The van der Waals surface area contributed by atoms with E-state index < -0.39 is 6.10 Å². The maximum absolute atomic E-state index is 12.6. The summed E-state index contributed by atoms with van der Waals surface area (Å²) in [6.45, 7) is 6.39. The number of hydrogen-bond donors (Lipinski definition) is 0. The van der Waals surface area contributed by atoms with Crippen molar-refractivity contribution in [1.82, 2.24) is 0 Å². The van der Waals surface area contributed by atoms with E-state index >= 15 is 0 Å². The fraction of sp³-hybridized carbons (Fsp3) is 0.694. The first-order valence-electron chi connectivity index (χ1n) is 22.4. The molecule has 314 valence electrons. The molecule has 0 N–H and O–H groups in total. The maximum atomic E-state index is 12.6. The number of carbonyl (C=O) groups is 3. The minimum Gasteiger partial charge on any atom is -0.462 e. The zero-order valence-electron chi connectivity index (χ0n) is 35.7. The first-order valence-corrected chi connectivity index (χ1v) is 22.4. The molecule has 0 spiro atoms. The second-order valence-electron chi connectivity index (χ2n) is 14.6. The molecule has 55 heavy (non-hydrogen) atoms. The van der Waals surface area contributed by atoms with E-state index in [0.717, 1.165) is 77.0 Å². The first kappa shape index (κ1) is 51.9. The van der Waals surface area contributed by atoms with E-state index in [-0.39, 0.29) is 37.5 Å². The van der Waals surface area contributed by atoms with Gasteiger partial charge in [0.05, 0.1) is 0 Å². The number of carbonyl (C=O) groups excluding carboxylic acids is 3. The second kappa shape index (κ2) is 43.6. The molecule has 0 rings (SSSR count). The van der Waals surface area contributed by atoms with Gasteiger partial charge in [-0.05, 0) is 57.8 Å². The maximum Gasteiger partial charge on any atom is 0.306 e. The molecule has 0 saturated heterocycles. The highest BCUT2D eigenvalue weighted by molar-refractivity contribution is 5.71. The lowest BCUT2D eigenvalue weighted by atomic mass is 10.1. The van der Waals surface area contributed by atoms with Crippen molar-refractivity contribution >= 4 is 17.9 Å². The van der Waals surface area contributed by atoms with Crippen molar-refractivity contribution in [3.8, 4) is 0 Å². The second-order valence-corrected chi connectivity index (χ2v) is 14.6. The van der Waals surface area contributed by atoms with Gasteiger partial charge in [-0.1, -0.05) is 196 Å². The Bertz CT molecular complexity index is 1070. The zero-order valence-corrected chi connectivity index (χ0v) is 35.7. The van der Waals surface area contributed by atoms with E-state index in [1.165, 1.54) is 77.0 Å². The van der Waals surface area contributed by atoms with E-state index in [2.05, 4.69) is 81.5 Å². The molecule has 1 atom stereocenters. The summed E-state index contributed by atoms with van der Waals surface area (Å²) in [4.78, 5) is 37.6. The Morgan fingerprint density at radius 1 is 0.382 bits per heavy atom. The smallest absolute Gasteiger partial charge is 0.306 e. The number of allylic oxidation sites excluding steroid dienone is 12. The molecular formula is C49H82O6. The molecule has 0 aromatic rings. The third kappa shape index (κ3) is 41.8. The fourth-order valence-corrected chi connectivity index (χ4v) is 5.88. The summed E-state index contributed by atoms with van der Waals surface area (Å²) in [6, 6.07) is 0. The van der Waals surface area contributed by atoms with Gasteiger partial charge >= 0.3 is 17.9 Å². The average molecular weight is 767 g/mol. The Balaban J connectivity index is 4.43. The molecule has 0 heterocycles. The van der Waals surface area contributed by atoms with E-state index in [1.807, 2.05) is 12.2 Å². The number of ether oxygens (including phenoxy) is 3. The van der Waals surface area contributed by atoms with E-state index in [1.54, 1.807) is 0 Å². The molecule has 6 nitrogen and oxygen atoms in total. The van der Waals surface area contributed by atoms with Crippen LogP contribution in [-0.2, 0) is 28.6 Å². The molecule has 0 aromatic carbocycles. The third-order valence-corrected chi connectivity index (χ3v) is 9.24. The molecular weight excluding hydrogens is 685 g/mol. The summed E-state index contributed by atoms with van der Waals surface area (Å²) in [5, 5.41) is 0. The predicted octanol–water partition coefficient (Wildman–Crippen LogP) is 14.3. The van der Waals surface area contributed by atoms with E-state index in [9.17, 15) is 14.4 Å². The summed E-state index contributed by atoms with van der Waals surface area (Å²) in [7, 11) is 0. The summed E-state index contributed by atoms with van der Waals surface area (Å²) in [5.41, 5.74) is 0. The van der Waals surface area contributed by atoms with Gasteiger partial charge in [0, 0.05) is 19.3 Å². The van der Waals surface area contributed by atoms with Gasteiger partial charge in [0.1, 0.15) is 13.2 Å². The van der Waals surface area contributed by atoms with Crippen LogP contribution < -0.4 is 0 Å². The van der Waals surface area contributed by atoms with Crippen LogP contribution in [0.25, 0.3) is 0 Å². The molecule has 0 bridgehead atoms. The Morgan fingerprint density at radius 3 is 1.11 bits per heavy atom. The van der Waals surface area contributed by atoms with Gasteiger partial charge in [-0.3, -0.25) is 14.4 Å². The van der Waals surface area contributed by atoms with Gasteiger partial charge in [-0.15, -0.1) is 0 Å². The SMILES string of the molecule is CC/C=C\C/C=C\C/C=C\C/C=C\C/C=C\C/C=C\CCC(=O)OCC(COC(=O)CCCCCCCCCCC)OC(=O)CCCCCCCCCCC. The zero-order chi connectivity index (χ0) is 40.1. The number of rotatable bonds is 39. The highest BCUT2D eigenvalue weighted by Gasteiger charge is 2.19. The standard InChI is InChI=1S/C49H82O6/c1-4-7-10-13-16-19-20-21-22-23-24-25-26-27-28-31-33-36-39-42-48(51)54-45-46(55-49(52)43-40-37-34-30-18-15-12-9-6-3)44-53-47(50)41-38-35-32-29-17-14-11-8-5-2/h7,10,16,19,21-22,24-25,27-28,33,36,46H,4-6,8-9,11-15,17-18,20,23,26,29-32,34-35,37-45H2,1-3H3/b10-7-,19-16-,22-21-,25-24-,28-27-,36-33-. The number of unbranched alkanes of at least 4 members (excludes halogenated alkanes) is 16. The van der Waals surface area contributed by atoms with Crippen molar-refractivity contribution in [3.63, 3.8) is 0 Å². The normalized spacial score (nSPS) is 12.7. The minimum atomic E-state index is -0.798. The van der Waals surface area contributed by atoms with Crippen LogP contribution in [0.1, 0.15) is 201 Å². The lowest BCUT2D eigenvalue weighted by Gasteiger charge is -2.18. The largest absolute Gasteiger partial charge is 0.462 e. The van der Waals surface area contributed by atoms with Gasteiger partial charge in [-0.25, -0.2) is 0 Å². The molecule has 0 radical (unpaired) electrons. The van der Waals surface area contributed by atoms with Crippen molar-refractivity contribution < 1.29 is 28.6 Å². The van der Waals surface area contributed by atoms with Gasteiger partial charge < -0.3 is 14.2 Å². The Labute approximate surface area is 338 Å². The van der Waals surface area contributed by atoms with Crippen LogP contribution in [0.3, 0.4) is 0 Å². The van der Waals surface area contributed by atoms with Crippen molar-refractivity contribution in [2.24, 2.45) is 0 Å². The summed E-state index contributed by atoms with van der Waals surface area (Å²) < 4.78 is 16.6. The van der Waals surface area contributed by atoms with Gasteiger partial charge in [0.15, 0.2) is 6.10 Å². The van der Waals surface area contributed by atoms with Crippen LogP contribution >= 0.6 is 0 Å². The highest BCUT2D eigenvalue weighted by atomic mass is 16.6. The number of hydrogen-bond acceptors (Lipinski definition) is 6. The lowest BCUT2D eigenvalue weighted by molar-refractivity contribution is -0.166. The monoisotopic (exact) mass is 767 g/mol. The summed E-state index contributed by atoms with van der Waals surface area (Å²) in [5.74, 6) is -0.996. The van der Waals surface area contributed by atoms with Gasteiger partial charge in [-0.2, -0.15) is 0 Å². The van der Waals surface area contributed by atoms with Crippen LogP contribution in [-0.4, -0.2) is 37.2 Å². The quantitative estimate of drug-likeness (QED) is 0.0268. The van der Waals surface area contributed by atoms with Crippen LogP contribution in [0.15, 0.2) is 72.9 Å². The molecule has 0 aliphatic rings.